The first-order valence-electron chi connectivity index (χ1n) is 11.6. The van der Waals surface area contributed by atoms with E-state index in [1.807, 2.05) is 0 Å². The summed E-state index contributed by atoms with van der Waals surface area (Å²) in [5.41, 5.74) is -3.68. The summed E-state index contributed by atoms with van der Waals surface area (Å²) in [6, 6.07) is 9.20. The molecule has 0 saturated heterocycles. The lowest BCUT2D eigenvalue weighted by molar-refractivity contribution is -0.115. The van der Waals surface area contributed by atoms with Crippen molar-refractivity contribution in [2.24, 2.45) is 0 Å². The summed E-state index contributed by atoms with van der Waals surface area (Å²) in [7, 11) is 0. The Morgan fingerprint density at radius 3 is 0.976 bits per heavy atom. The molecule has 0 spiro atoms. The van der Waals surface area contributed by atoms with Crippen molar-refractivity contribution < 1.29 is 54.2 Å². The molecule has 6 nitrogen and oxygen atoms in total. The van der Waals surface area contributed by atoms with Crippen molar-refractivity contribution in [1.29, 1.82) is 0 Å². The number of ether oxygens (including phenoxy) is 2. The third-order valence-corrected chi connectivity index (χ3v) is 5.49. The van der Waals surface area contributed by atoms with Crippen LogP contribution in [0.5, 0.6) is 23.0 Å². The first-order valence-corrected chi connectivity index (χ1v) is 11.6. The van der Waals surface area contributed by atoms with E-state index < -0.39 is 81.0 Å². The second kappa shape index (κ2) is 11.8. The predicted molar refractivity (Wildman–Crippen MR) is 133 cm³/mol. The summed E-state index contributed by atoms with van der Waals surface area (Å²) in [5.74, 6) is -23.7. The highest BCUT2D eigenvalue weighted by Gasteiger charge is 2.35. The van der Waals surface area contributed by atoms with Crippen LogP contribution in [0.15, 0.2) is 48.5 Å². The van der Waals surface area contributed by atoms with Crippen LogP contribution in [-0.4, -0.2) is 11.8 Å². The fourth-order valence-electron chi connectivity index (χ4n) is 3.70. The van der Waals surface area contributed by atoms with E-state index in [-0.39, 0.29) is 22.9 Å². The van der Waals surface area contributed by atoms with E-state index in [4.69, 9.17) is 9.47 Å². The van der Waals surface area contributed by atoms with E-state index in [1.54, 1.807) is 0 Å². The Kier molecular flexibility index (Phi) is 8.36. The summed E-state index contributed by atoms with van der Waals surface area (Å²) in [6.07, 6.45) is 0. The summed E-state index contributed by atoms with van der Waals surface area (Å²) >= 11 is 0. The van der Waals surface area contributed by atoms with Crippen LogP contribution in [0.25, 0.3) is 11.1 Å². The zero-order valence-corrected chi connectivity index (χ0v) is 21.3. The Labute approximate surface area is 231 Å². The minimum Gasteiger partial charge on any atom is -0.451 e. The van der Waals surface area contributed by atoms with Gasteiger partial charge in [-0.2, -0.15) is 17.6 Å². The molecule has 0 unspecified atom stereocenters. The van der Waals surface area contributed by atoms with Gasteiger partial charge in [0.1, 0.15) is 11.5 Å². The molecule has 4 rings (SSSR count). The smallest absolute Gasteiger partial charge is 0.221 e. The first-order chi connectivity index (χ1) is 19.8. The number of rotatable bonds is 7. The highest BCUT2D eigenvalue weighted by Crippen LogP contribution is 2.43. The van der Waals surface area contributed by atoms with Crippen molar-refractivity contribution in [3.05, 3.63) is 95.1 Å². The maximum atomic E-state index is 14.9. The second-order valence-corrected chi connectivity index (χ2v) is 8.54. The van der Waals surface area contributed by atoms with Gasteiger partial charge in [0.25, 0.3) is 0 Å². The van der Waals surface area contributed by atoms with Crippen LogP contribution >= 0.6 is 0 Å². The topological polar surface area (TPSA) is 76.7 Å². The van der Waals surface area contributed by atoms with Gasteiger partial charge in [-0.25, -0.2) is 17.6 Å². The lowest BCUT2D eigenvalue weighted by Crippen LogP contribution is -2.09. The highest BCUT2D eigenvalue weighted by molar-refractivity contribution is 5.89. The minimum absolute atomic E-state index is 0.243. The van der Waals surface area contributed by atoms with Crippen molar-refractivity contribution in [3.8, 4) is 34.1 Å². The second-order valence-electron chi connectivity index (χ2n) is 8.54. The zero-order valence-electron chi connectivity index (χ0n) is 21.3. The first kappa shape index (κ1) is 29.8. The SMILES string of the molecule is CC(=O)Nc1ccc(Oc2c(F)c(F)c(-c3c(F)c(F)c(Oc4ccc(NC(C)=O)cc4)c(F)c3F)c(F)c2F)cc1. The van der Waals surface area contributed by atoms with Gasteiger partial charge in [-0.15, -0.1) is 0 Å². The lowest BCUT2D eigenvalue weighted by atomic mass is 10.0. The fourth-order valence-corrected chi connectivity index (χ4v) is 3.70. The van der Waals surface area contributed by atoms with Gasteiger partial charge in [0.05, 0.1) is 11.1 Å². The molecule has 0 atom stereocenters. The molecular weight excluding hydrogens is 580 g/mol. The monoisotopic (exact) mass is 596 g/mol. The van der Waals surface area contributed by atoms with E-state index in [2.05, 4.69) is 10.6 Å². The number of amides is 2. The average molecular weight is 596 g/mol. The number of anilines is 2. The summed E-state index contributed by atoms with van der Waals surface area (Å²) in [5, 5.41) is 4.78. The maximum absolute atomic E-state index is 14.9. The predicted octanol–water partition coefficient (Wildman–Crippen LogP) is 7.97. The van der Waals surface area contributed by atoms with Gasteiger partial charge >= 0.3 is 0 Å². The van der Waals surface area contributed by atoms with Gasteiger partial charge < -0.3 is 20.1 Å². The van der Waals surface area contributed by atoms with Crippen molar-refractivity contribution in [1.82, 2.24) is 0 Å². The number of hydrogen-bond donors (Lipinski definition) is 2. The van der Waals surface area contributed by atoms with Crippen molar-refractivity contribution in [3.63, 3.8) is 0 Å². The molecule has 0 aliphatic heterocycles. The molecule has 0 bridgehead atoms. The standard InChI is InChI=1S/C28H16F8N2O4/c1-11(39)37-13-3-7-15(8-4-13)41-27-23(33)19(29)17(20(30)24(27)34)18-21(31)25(35)28(26(36)22(18)32)42-16-9-5-14(6-10-16)38-12(2)40/h3-10H,1-2H3,(H,37,39)(H,38,40). The van der Waals surface area contributed by atoms with Crippen LogP contribution in [-0.2, 0) is 9.59 Å². The number of benzene rings is 4. The van der Waals surface area contributed by atoms with Crippen LogP contribution < -0.4 is 20.1 Å². The van der Waals surface area contributed by atoms with Crippen LogP contribution in [0.1, 0.15) is 13.8 Å². The molecule has 0 fully saturated rings. The number of halogens is 8. The molecule has 0 aliphatic rings. The third kappa shape index (κ3) is 5.82. The number of nitrogens with one attached hydrogen (secondary N) is 2. The van der Waals surface area contributed by atoms with Crippen LogP contribution in [0.3, 0.4) is 0 Å². The van der Waals surface area contributed by atoms with E-state index >= 15 is 0 Å². The zero-order chi connectivity index (χ0) is 30.9. The molecule has 2 N–H and O–H groups in total. The molecule has 2 amide bonds. The Morgan fingerprint density at radius 1 is 0.476 bits per heavy atom. The molecule has 14 heteroatoms. The van der Waals surface area contributed by atoms with Crippen LogP contribution in [0.4, 0.5) is 46.5 Å². The number of carbonyl (C=O) groups is 2. The highest BCUT2D eigenvalue weighted by atomic mass is 19.2. The van der Waals surface area contributed by atoms with Crippen molar-refractivity contribution >= 4 is 23.2 Å². The molecule has 0 heterocycles. The number of hydrogen-bond acceptors (Lipinski definition) is 4. The molecule has 0 aromatic heterocycles. The average Bonchev–Trinajstić information content (AvgIpc) is 2.94. The largest absolute Gasteiger partial charge is 0.451 e. The van der Waals surface area contributed by atoms with Gasteiger partial charge in [0.2, 0.25) is 46.6 Å². The van der Waals surface area contributed by atoms with Crippen LogP contribution in [0, 0.1) is 46.5 Å². The van der Waals surface area contributed by atoms with Gasteiger partial charge in [0.15, 0.2) is 23.3 Å². The fraction of sp³-hybridized carbons (Fsp3) is 0.0714. The number of carbonyl (C=O) groups excluding carboxylic acids is 2. The summed E-state index contributed by atoms with van der Waals surface area (Å²) in [6.45, 7) is 2.42. The van der Waals surface area contributed by atoms with Crippen molar-refractivity contribution in [2.75, 3.05) is 10.6 Å². The Balaban J connectivity index is 1.73. The van der Waals surface area contributed by atoms with Gasteiger partial charge in [-0.3, -0.25) is 9.59 Å². The quantitative estimate of drug-likeness (QED) is 0.168. The Morgan fingerprint density at radius 2 is 0.738 bits per heavy atom. The van der Waals surface area contributed by atoms with E-state index in [1.165, 1.54) is 38.1 Å². The third-order valence-electron chi connectivity index (χ3n) is 5.49. The van der Waals surface area contributed by atoms with Gasteiger partial charge in [-0.1, -0.05) is 0 Å². The van der Waals surface area contributed by atoms with Gasteiger partial charge in [-0.05, 0) is 48.5 Å². The molecule has 0 radical (unpaired) electrons. The molecule has 4 aromatic rings. The molecular formula is C28H16F8N2O4. The molecule has 4 aromatic carbocycles. The molecule has 0 aliphatic carbocycles. The molecule has 42 heavy (non-hydrogen) atoms. The summed E-state index contributed by atoms with van der Waals surface area (Å²) in [4.78, 5) is 22.2. The molecule has 0 saturated carbocycles. The van der Waals surface area contributed by atoms with Gasteiger partial charge in [0, 0.05) is 25.2 Å². The Bertz CT molecular complexity index is 1530. The van der Waals surface area contributed by atoms with E-state index in [0.717, 1.165) is 24.3 Å². The Hall–Kier alpha value is -5.14. The molecule has 218 valence electrons. The normalized spacial score (nSPS) is 10.8. The van der Waals surface area contributed by atoms with E-state index in [0.29, 0.717) is 0 Å². The van der Waals surface area contributed by atoms with E-state index in [9.17, 15) is 44.7 Å². The summed E-state index contributed by atoms with van der Waals surface area (Å²) < 4.78 is 129. The lowest BCUT2D eigenvalue weighted by Gasteiger charge is -2.16. The maximum Gasteiger partial charge on any atom is 0.221 e. The van der Waals surface area contributed by atoms with Crippen LogP contribution in [0.2, 0.25) is 0 Å². The minimum atomic E-state index is -2.42. The van der Waals surface area contributed by atoms with Crippen molar-refractivity contribution in [2.45, 2.75) is 13.8 Å².